The van der Waals surface area contributed by atoms with Crippen LogP contribution in [0.5, 0.6) is 0 Å². The number of rotatable bonds is 3. The highest BCUT2D eigenvalue weighted by Crippen LogP contribution is 2.17. The molecule has 0 aliphatic heterocycles. The third kappa shape index (κ3) is 1.74. The molecule has 0 amide bonds. The van der Waals surface area contributed by atoms with Gasteiger partial charge in [-0.15, -0.1) is 0 Å². The van der Waals surface area contributed by atoms with Crippen molar-refractivity contribution in [3.05, 3.63) is 29.5 Å². The van der Waals surface area contributed by atoms with Crippen LogP contribution in [-0.4, -0.2) is 16.1 Å². The van der Waals surface area contributed by atoms with E-state index in [-0.39, 0.29) is 0 Å². The van der Waals surface area contributed by atoms with E-state index in [1.54, 1.807) is 6.20 Å². The van der Waals surface area contributed by atoms with E-state index in [1.165, 1.54) is 0 Å². The number of pyridine rings is 1. The first-order valence-electron chi connectivity index (χ1n) is 4.62. The molecule has 0 spiro atoms. The summed E-state index contributed by atoms with van der Waals surface area (Å²) in [4.78, 5) is 4.28. The molecule has 0 unspecified atom stereocenters. The molecule has 0 bridgehead atoms. The van der Waals surface area contributed by atoms with Crippen LogP contribution in [0.4, 0.5) is 0 Å². The largest absolute Gasteiger partial charge is 0.332 e. The first kappa shape index (κ1) is 9.49. The minimum Gasteiger partial charge on any atom is -0.332 e. The van der Waals surface area contributed by atoms with Crippen LogP contribution in [0.25, 0.3) is 11.0 Å². The SMILES string of the molecule is NCCCn1ccc2cc(Cl)cnc21. The van der Waals surface area contributed by atoms with Gasteiger partial charge >= 0.3 is 0 Å². The molecule has 0 radical (unpaired) electrons. The van der Waals surface area contributed by atoms with Gasteiger partial charge in [-0.05, 0) is 25.1 Å². The Labute approximate surface area is 87.5 Å². The molecule has 2 aromatic heterocycles. The molecule has 0 saturated carbocycles. The molecule has 0 atom stereocenters. The fourth-order valence-corrected chi connectivity index (χ4v) is 1.66. The van der Waals surface area contributed by atoms with E-state index in [0.29, 0.717) is 11.6 Å². The maximum Gasteiger partial charge on any atom is 0.139 e. The molecular weight excluding hydrogens is 198 g/mol. The average Bonchev–Trinajstić information content (AvgIpc) is 2.57. The van der Waals surface area contributed by atoms with E-state index in [0.717, 1.165) is 24.0 Å². The van der Waals surface area contributed by atoms with Crippen molar-refractivity contribution < 1.29 is 0 Å². The summed E-state index contributed by atoms with van der Waals surface area (Å²) in [7, 11) is 0. The minimum absolute atomic E-state index is 0.675. The van der Waals surface area contributed by atoms with Crippen molar-refractivity contribution in [1.29, 1.82) is 0 Å². The van der Waals surface area contributed by atoms with E-state index in [1.807, 2.05) is 18.3 Å². The van der Waals surface area contributed by atoms with Crippen molar-refractivity contribution in [2.75, 3.05) is 6.54 Å². The summed E-state index contributed by atoms with van der Waals surface area (Å²) >= 11 is 5.84. The van der Waals surface area contributed by atoms with Crippen molar-refractivity contribution in [1.82, 2.24) is 9.55 Å². The second kappa shape index (κ2) is 3.98. The number of nitrogens with two attached hydrogens (primary N) is 1. The Morgan fingerprint density at radius 3 is 3.14 bits per heavy atom. The van der Waals surface area contributed by atoms with Crippen LogP contribution in [0.15, 0.2) is 24.5 Å². The monoisotopic (exact) mass is 209 g/mol. The van der Waals surface area contributed by atoms with Gasteiger partial charge in [0.1, 0.15) is 5.65 Å². The lowest BCUT2D eigenvalue weighted by Gasteiger charge is -2.02. The van der Waals surface area contributed by atoms with Gasteiger partial charge in [0.15, 0.2) is 0 Å². The lowest BCUT2D eigenvalue weighted by molar-refractivity contribution is 0.666. The summed E-state index contributed by atoms with van der Waals surface area (Å²) in [5, 5.41) is 1.75. The van der Waals surface area contributed by atoms with Crippen LogP contribution in [0.2, 0.25) is 5.02 Å². The molecule has 0 saturated heterocycles. The molecule has 2 N–H and O–H groups in total. The minimum atomic E-state index is 0.675. The van der Waals surface area contributed by atoms with Crippen molar-refractivity contribution >= 4 is 22.6 Å². The van der Waals surface area contributed by atoms with Gasteiger partial charge in [-0.25, -0.2) is 4.98 Å². The lowest BCUT2D eigenvalue weighted by atomic mass is 10.3. The molecule has 2 heterocycles. The molecule has 2 rings (SSSR count). The summed E-state index contributed by atoms with van der Waals surface area (Å²) in [5.74, 6) is 0. The van der Waals surface area contributed by atoms with Gasteiger partial charge in [0.25, 0.3) is 0 Å². The summed E-state index contributed by atoms with van der Waals surface area (Å²) in [6.07, 6.45) is 4.65. The van der Waals surface area contributed by atoms with Crippen LogP contribution in [-0.2, 0) is 6.54 Å². The van der Waals surface area contributed by atoms with Crippen LogP contribution in [0, 0.1) is 0 Å². The summed E-state index contributed by atoms with van der Waals surface area (Å²) < 4.78 is 2.10. The van der Waals surface area contributed by atoms with Gasteiger partial charge < -0.3 is 10.3 Å². The maximum atomic E-state index is 5.84. The molecule has 0 aliphatic carbocycles. The highest BCUT2D eigenvalue weighted by Gasteiger charge is 2.01. The van der Waals surface area contributed by atoms with Crippen LogP contribution < -0.4 is 5.73 Å². The predicted molar refractivity (Wildman–Crippen MR) is 58.4 cm³/mol. The molecule has 0 fully saturated rings. The van der Waals surface area contributed by atoms with Gasteiger partial charge in [0.05, 0.1) is 5.02 Å². The highest BCUT2D eigenvalue weighted by atomic mass is 35.5. The first-order valence-corrected chi connectivity index (χ1v) is 4.99. The van der Waals surface area contributed by atoms with Gasteiger partial charge in [-0.2, -0.15) is 0 Å². The predicted octanol–water partition coefficient (Wildman–Crippen LogP) is 2.04. The number of hydrogen-bond acceptors (Lipinski definition) is 2. The number of fused-ring (bicyclic) bond motifs is 1. The molecule has 2 aromatic rings. The second-order valence-electron chi connectivity index (χ2n) is 3.22. The lowest BCUT2D eigenvalue weighted by Crippen LogP contribution is -2.05. The topological polar surface area (TPSA) is 43.8 Å². The molecule has 0 aromatic carbocycles. The van der Waals surface area contributed by atoms with Crippen molar-refractivity contribution in [2.24, 2.45) is 5.73 Å². The zero-order chi connectivity index (χ0) is 9.97. The fraction of sp³-hybridized carbons (Fsp3) is 0.300. The molecular formula is C10H12ClN3. The van der Waals surface area contributed by atoms with Gasteiger partial charge in [0, 0.05) is 24.3 Å². The third-order valence-electron chi connectivity index (χ3n) is 2.17. The Kier molecular flexibility index (Phi) is 2.70. The zero-order valence-corrected chi connectivity index (χ0v) is 8.54. The average molecular weight is 210 g/mol. The number of aromatic nitrogens is 2. The van der Waals surface area contributed by atoms with E-state index in [2.05, 4.69) is 9.55 Å². The molecule has 3 nitrogen and oxygen atoms in total. The van der Waals surface area contributed by atoms with E-state index in [9.17, 15) is 0 Å². The fourth-order valence-electron chi connectivity index (χ4n) is 1.49. The molecule has 74 valence electrons. The van der Waals surface area contributed by atoms with Crippen molar-refractivity contribution in [2.45, 2.75) is 13.0 Å². The maximum absolute atomic E-state index is 5.84. The summed E-state index contributed by atoms with van der Waals surface area (Å²) in [6, 6.07) is 3.94. The van der Waals surface area contributed by atoms with E-state index < -0.39 is 0 Å². The quantitative estimate of drug-likeness (QED) is 0.841. The number of hydrogen-bond donors (Lipinski definition) is 1. The Bertz CT molecular complexity index is 436. The first-order chi connectivity index (χ1) is 6.81. The van der Waals surface area contributed by atoms with Crippen LogP contribution in [0.3, 0.4) is 0 Å². The second-order valence-corrected chi connectivity index (χ2v) is 3.65. The Hall–Kier alpha value is -1.06. The standard InChI is InChI=1S/C10H12ClN3/c11-9-6-8-2-5-14(4-1-3-12)10(8)13-7-9/h2,5-7H,1,3-4,12H2. The molecule has 14 heavy (non-hydrogen) atoms. The molecule has 4 heteroatoms. The van der Waals surface area contributed by atoms with Gasteiger partial charge in [-0.1, -0.05) is 11.6 Å². The molecule has 0 aliphatic rings. The summed E-state index contributed by atoms with van der Waals surface area (Å²) in [6.45, 7) is 1.61. The Morgan fingerprint density at radius 1 is 1.50 bits per heavy atom. The van der Waals surface area contributed by atoms with Crippen molar-refractivity contribution in [3.8, 4) is 0 Å². The van der Waals surface area contributed by atoms with Gasteiger partial charge in [-0.3, -0.25) is 0 Å². The summed E-state index contributed by atoms with van der Waals surface area (Å²) in [5.41, 5.74) is 6.43. The number of halogens is 1. The Morgan fingerprint density at radius 2 is 2.36 bits per heavy atom. The van der Waals surface area contributed by atoms with Crippen molar-refractivity contribution in [3.63, 3.8) is 0 Å². The normalized spacial score (nSPS) is 11.0. The smallest absolute Gasteiger partial charge is 0.139 e. The highest BCUT2D eigenvalue weighted by molar-refractivity contribution is 6.31. The third-order valence-corrected chi connectivity index (χ3v) is 2.38. The van der Waals surface area contributed by atoms with E-state index in [4.69, 9.17) is 17.3 Å². The van der Waals surface area contributed by atoms with Crippen LogP contribution in [0.1, 0.15) is 6.42 Å². The number of nitrogens with zero attached hydrogens (tertiary/aromatic N) is 2. The van der Waals surface area contributed by atoms with Gasteiger partial charge in [0.2, 0.25) is 0 Å². The number of aryl methyl sites for hydroxylation is 1. The zero-order valence-electron chi connectivity index (χ0n) is 7.78. The van der Waals surface area contributed by atoms with Crippen LogP contribution >= 0.6 is 11.6 Å². The Balaban J connectivity index is 2.37. The van der Waals surface area contributed by atoms with E-state index >= 15 is 0 Å².